The first-order chi connectivity index (χ1) is 32.7. The van der Waals surface area contributed by atoms with E-state index < -0.39 is 0 Å². The summed E-state index contributed by atoms with van der Waals surface area (Å²) in [6.45, 7) is 0. The van der Waals surface area contributed by atoms with Crippen LogP contribution in [0.2, 0.25) is 0 Å². The molecule has 0 aliphatic heterocycles. The number of hydrogen-bond acceptors (Lipinski definition) is 1. The van der Waals surface area contributed by atoms with E-state index in [-0.39, 0.29) is 0 Å². The number of hydrogen-bond donors (Lipinski definition) is 0. The lowest BCUT2D eigenvalue weighted by Gasteiger charge is -2.28. The average molecular weight is 841 g/mol. The number of aromatic nitrogens is 1. The van der Waals surface area contributed by atoms with Gasteiger partial charge in [-0.25, -0.2) is 0 Å². The standard InChI is InChI=1S/C64H44N2/c1-2-15-45(16-3-1)52-19-14-20-54(44-52)58-22-7-10-25-61(58)65(56-41-37-49(38-42-56)53-34-31-46-17-4-5-18-51(46)43-53)55-39-35-48(36-40-55)47-29-32-50(33-30-47)57-21-6-11-26-62(57)66-63-27-12-8-23-59(63)60-24-9-13-28-64(60)66/h1-44H. The molecular formula is C64H44N2. The van der Waals surface area contributed by atoms with Crippen molar-refractivity contribution in [2.45, 2.75) is 0 Å². The zero-order valence-electron chi connectivity index (χ0n) is 36.3. The summed E-state index contributed by atoms with van der Waals surface area (Å²) in [5, 5.41) is 5.02. The highest BCUT2D eigenvalue weighted by molar-refractivity contribution is 6.09. The average Bonchev–Trinajstić information content (AvgIpc) is 3.74. The van der Waals surface area contributed by atoms with Crippen LogP contribution in [0.4, 0.5) is 17.1 Å². The fourth-order valence-electron chi connectivity index (χ4n) is 9.75. The summed E-state index contributed by atoms with van der Waals surface area (Å²) in [6, 6.07) is 96.8. The Kier molecular flexibility index (Phi) is 9.89. The van der Waals surface area contributed by atoms with E-state index in [1.165, 1.54) is 82.8 Å². The molecule has 1 heterocycles. The maximum atomic E-state index is 2.41. The van der Waals surface area contributed by atoms with E-state index in [1.54, 1.807) is 0 Å². The smallest absolute Gasteiger partial charge is 0.0541 e. The van der Waals surface area contributed by atoms with Crippen LogP contribution in [0.15, 0.2) is 267 Å². The van der Waals surface area contributed by atoms with Crippen LogP contribution in [-0.2, 0) is 0 Å². The molecule has 310 valence electrons. The van der Waals surface area contributed by atoms with Gasteiger partial charge >= 0.3 is 0 Å². The maximum absolute atomic E-state index is 2.41. The van der Waals surface area contributed by atoms with Crippen LogP contribution in [0, 0.1) is 0 Å². The number of benzene rings is 11. The third-order valence-electron chi connectivity index (χ3n) is 13.0. The molecule has 12 rings (SSSR count). The molecule has 0 radical (unpaired) electrons. The Morgan fingerprint density at radius 2 is 0.712 bits per heavy atom. The van der Waals surface area contributed by atoms with Crippen molar-refractivity contribution >= 4 is 49.6 Å². The zero-order chi connectivity index (χ0) is 43.8. The van der Waals surface area contributed by atoms with Crippen LogP contribution in [0.25, 0.3) is 93.9 Å². The summed E-state index contributed by atoms with van der Waals surface area (Å²) in [6.07, 6.45) is 0. The normalized spacial score (nSPS) is 11.3. The van der Waals surface area contributed by atoms with Crippen molar-refractivity contribution in [3.63, 3.8) is 0 Å². The van der Waals surface area contributed by atoms with Crippen LogP contribution in [-0.4, -0.2) is 4.57 Å². The second kappa shape index (κ2) is 16.8. The topological polar surface area (TPSA) is 8.17 Å². The molecule has 0 aliphatic carbocycles. The molecule has 0 atom stereocenters. The van der Waals surface area contributed by atoms with Gasteiger partial charge in [0.15, 0.2) is 0 Å². The number of fused-ring (bicyclic) bond motifs is 4. The minimum absolute atomic E-state index is 1.08. The quantitative estimate of drug-likeness (QED) is 0.141. The molecule has 0 saturated carbocycles. The van der Waals surface area contributed by atoms with Crippen molar-refractivity contribution in [2.24, 2.45) is 0 Å². The van der Waals surface area contributed by atoms with E-state index >= 15 is 0 Å². The highest BCUT2D eigenvalue weighted by Gasteiger charge is 2.19. The minimum atomic E-state index is 1.08. The van der Waals surface area contributed by atoms with Gasteiger partial charge in [0.05, 0.1) is 22.4 Å². The number of para-hydroxylation sites is 4. The first-order valence-corrected chi connectivity index (χ1v) is 22.7. The molecule has 11 aromatic carbocycles. The molecule has 12 aromatic rings. The minimum Gasteiger partial charge on any atom is -0.310 e. The van der Waals surface area contributed by atoms with Crippen LogP contribution in [0.3, 0.4) is 0 Å². The maximum Gasteiger partial charge on any atom is 0.0541 e. The molecule has 0 saturated heterocycles. The van der Waals surface area contributed by atoms with Crippen molar-refractivity contribution in [3.05, 3.63) is 267 Å². The first kappa shape index (κ1) is 38.9. The summed E-state index contributed by atoms with van der Waals surface area (Å²) in [7, 11) is 0. The molecule has 0 fully saturated rings. The van der Waals surface area contributed by atoms with Crippen LogP contribution < -0.4 is 4.90 Å². The molecule has 1 aromatic heterocycles. The highest BCUT2D eigenvalue weighted by atomic mass is 15.1. The Morgan fingerprint density at radius 3 is 1.41 bits per heavy atom. The zero-order valence-corrected chi connectivity index (χ0v) is 36.3. The summed E-state index contributed by atoms with van der Waals surface area (Å²) in [4.78, 5) is 2.40. The van der Waals surface area contributed by atoms with Crippen LogP contribution in [0.5, 0.6) is 0 Å². The van der Waals surface area contributed by atoms with Crippen molar-refractivity contribution in [2.75, 3.05) is 4.90 Å². The molecule has 0 amide bonds. The predicted molar refractivity (Wildman–Crippen MR) is 280 cm³/mol. The van der Waals surface area contributed by atoms with Gasteiger partial charge in [-0.3, -0.25) is 0 Å². The SMILES string of the molecule is c1ccc(-c2cccc(-c3ccccc3N(c3ccc(-c4ccc(-c5ccccc5-n5c6ccccc6c6ccccc65)cc4)cc3)c3ccc(-c4ccc5ccccc5c4)cc3)c2)cc1. The van der Waals surface area contributed by atoms with Gasteiger partial charge in [0, 0.05) is 33.3 Å². The van der Waals surface area contributed by atoms with Gasteiger partial charge in [-0.15, -0.1) is 0 Å². The van der Waals surface area contributed by atoms with E-state index in [4.69, 9.17) is 0 Å². The summed E-state index contributed by atoms with van der Waals surface area (Å²) in [5.41, 5.74) is 18.7. The monoisotopic (exact) mass is 840 g/mol. The lowest BCUT2D eigenvalue weighted by atomic mass is 9.96. The molecule has 66 heavy (non-hydrogen) atoms. The van der Waals surface area contributed by atoms with Gasteiger partial charge in [0.25, 0.3) is 0 Å². The summed E-state index contributed by atoms with van der Waals surface area (Å²) < 4.78 is 2.41. The van der Waals surface area contributed by atoms with Gasteiger partial charge in [-0.1, -0.05) is 206 Å². The van der Waals surface area contributed by atoms with Crippen molar-refractivity contribution in [1.82, 2.24) is 4.57 Å². The third-order valence-corrected chi connectivity index (χ3v) is 13.0. The van der Waals surface area contributed by atoms with E-state index in [0.717, 1.165) is 28.2 Å². The lowest BCUT2D eigenvalue weighted by Crippen LogP contribution is -2.11. The van der Waals surface area contributed by atoms with Gasteiger partial charge in [0.2, 0.25) is 0 Å². The number of nitrogens with zero attached hydrogens (tertiary/aromatic N) is 2. The molecule has 0 spiro atoms. The van der Waals surface area contributed by atoms with Crippen molar-refractivity contribution in [3.8, 4) is 61.3 Å². The second-order valence-corrected chi connectivity index (χ2v) is 16.9. The predicted octanol–water partition coefficient (Wildman–Crippen LogP) is 17.7. The Hall–Kier alpha value is -8.72. The molecular weight excluding hydrogens is 797 g/mol. The Morgan fingerprint density at radius 1 is 0.258 bits per heavy atom. The van der Waals surface area contributed by atoms with Gasteiger partial charge < -0.3 is 9.47 Å². The molecule has 2 nitrogen and oxygen atoms in total. The first-order valence-electron chi connectivity index (χ1n) is 22.7. The van der Waals surface area contributed by atoms with Gasteiger partial charge in [-0.05, 0) is 116 Å². The molecule has 0 unspecified atom stereocenters. The van der Waals surface area contributed by atoms with E-state index in [9.17, 15) is 0 Å². The Bertz CT molecular complexity index is 3620. The molecule has 0 aliphatic rings. The second-order valence-electron chi connectivity index (χ2n) is 16.9. The molecule has 0 N–H and O–H groups in total. The fourth-order valence-corrected chi connectivity index (χ4v) is 9.75. The van der Waals surface area contributed by atoms with Crippen molar-refractivity contribution in [1.29, 1.82) is 0 Å². The van der Waals surface area contributed by atoms with E-state index in [0.29, 0.717) is 0 Å². The lowest BCUT2D eigenvalue weighted by molar-refractivity contribution is 1.18. The summed E-state index contributed by atoms with van der Waals surface area (Å²) in [5.74, 6) is 0. The fraction of sp³-hybridized carbons (Fsp3) is 0. The van der Waals surface area contributed by atoms with Gasteiger partial charge in [-0.2, -0.15) is 0 Å². The van der Waals surface area contributed by atoms with Crippen molar-refractivity contribution < 1.29 is 0 Å². The molecule has 2 heteroatoms. The van der Waals surface area contributed by atoms with Crippen LogP contribution in [0.1, 0.15) is 0 Å². The Balaban J connectivity index is 0.911. The molecule has 0 bridgehead atoms. The van der Waals surface area contributed by atoms with Gasteiger partial charge in [0.1, 0.15) is 0 Å². The summed E-state index contributed by atoms with van der Waals surface area (Å²) >= 11 is 0. The largest absolute Gasteiger partial charge is 0.310 e. The van der Waals surface area contributed by atoms with Crippen LogP contribution >= 0.6 is 0 Å². The Labute approximate surface area is 385 Å². The number of rotatable bonds is 9. The number of anilines is 3. The van der Waals surface area contributed by atoms with E-state index in [1.807, 2.05) is 0 Å². The van der Waals surface area contributed by atoms with E-state index in [2.05, 4.69) is 276 Å². The highest BCUT2D eigenvalue weighted by Crippen LogP contribution is 2.43. The third kappa shape index (κ3) is 7.12.